The molecule has 0 atom stereocenters. The topological polar surface area (TPSA) is 128 Å². The lowest BCUT2D eigenvalue weighted by atomic mass is 10.1. The van der Waals surface area contributed by atoms with Crippen LogP contribution >= 0.6 is 0 Å². The second-order valence-electron chi connectivity index (χ2n) is 7.08. The van der Waals surface area contributed by atoms with Crippen LogP contribution in [0, 0.1) is 0 Å². The first-order valence-corrected chi connectivity index (χ1v) is 10.3. The van der Waals surface area contributed by atoms with Gasteiger partial charge in [-0.1, -0.05) is 0 Å². The van der Waals surface area contributed by atoms with Crippen molar-refractivity contribution in [1.29, 1.82) is 0 Å². The van der Waals surface area contributed by atoms with E-state index in [1.54, 1.807) is 48.5 Å². The van der Waals surface area contributed by atoms with Gasteiger partial charge < -0.3 is 29.4 Å². The molecule has 0 heterocycles. The summed E-state index contributed by atoms with van der Waals surface area (Å²) < 4.78 is 20.9. The summed E-state index contributed by atoms with van der Waals surface area (Å²) in [5.41, 5.74) is 4.19. The summed E-state index contributed by atoms with van der Waals surface area (Å²) in [4.78, 5) is 25.1. The summed E-state index contributed by atoms with van der Waals surface area (Å²) >= 11 is 0. The summed E-state index contributed by atoms with van der Waals surface area (Å²) in [7, 11) is 5.85. The maximum atomic E-state index is 12.7. The molecule has 182 valence electrons. The second kappa shape index (κ2) is 11.4. The number of hydrogen-bond donors (Lipinski definition) is 3. The Labute approximate surface area is 202 Å². The molecule has 0 aromatic heterocycles. The van der Waals surface area contributed by atoms with Crippen molar-refractivity contribution in [2.24, 2.45) is 5.10 Å². The van der Waals surface area contributed by atoms with E-state index in [9.17, 15) is 14.7 Å². The molecule has 3 aromatic carbocycles. The number of rotatable bonds is 9. The monoisotopic (exact) mass is 479 g/mol. The van der Waals surface area contributed by atoms with Crippen molar-refractivity contribution < 1.29 is 33.6 Å². The van der Waals surface area contributed by atoms with Crippen LogP contribution in [0.2, 0.25) is 0 Å². The van der Waals surface area contributed by atoms with Crippen LogP contribution in [0.4, 0.5) is 5.69 Å². The molecule has 0 saturated heterocycles. The standard InChI is InChI=1S/C25H25N3O7/c1-32-20-11-15(5-10-19(20)29)14-26-28-25(31)16-6-8-18(9-7-16)27-24(30)17-12-21(33-2)23(35-4)22(13-17)34-3/h5-14,29H,1-4H3,(H,27,30)(H,28,31)/b26-14-. The first-order chi connectivity index (χ1) is 16.9. The van der Waals surface area contributed by atoms with Crippen molar-refractivity contribution in [2.45, 2.75) is 0 Å². The van der Waals surface area contributed by atoms with Gasteiger partial charge in [0.05, 0.1) is 34.7 Å². The molecule has 3 aromatic rings. The Morgan fingerprint density at radius 3 is 1.97 bits per heavy atom. The molecular weight excluding hydrogens is 454 g/mol. The minimum absolute atomic E-state index is 0.00568. The normalized spacial score (nSPS) is 10.5. The zero-order valence-corrected chi connectivity index (χ0v) is 19.6. The Morgan fingerprint density at radius 2 is 1.40 bits per heavy atom. The van der Waals surface area contributed by atoms with Gasteiger partial charge in [-0.3, -0.25) is 9.59 Å². The number of hydrogen-bond acceptors (Lipinski definition) is 8. The zero-order chi connectivity index (χ0) is 25.4. The van der Waals surface area contributed by atoms with Gasteiger partial charge in [0.25, 0.3) is 11.8 Å². The van der Waals surface area contributed by atoms with Gasteiger partial charge in [-0.05, 0) is 60.2 Å². The lowest BCUT2D eigenvalue weighted by molar-refractivity contribution is 0.0954. The molecule has 0 spiro atoms. The molecule has 3 rings (SSSR count). The number of anilines is 1. The molecular formula is C25H25N3O7. The molecule has 0 aliphatic carbocycles. The third kappa shape index (κ3) is 5.99. The molecule has 0 bridgehead atoms. The van der Waals surface area contributed by atoms with Crippen molar-refractivity contribution in [3.05, 3.63) is 71.3 Å². The average Bonchev–Trinajstić information content (AvgIpc) is 2.88. The fourth-order valence-corrected chi connectivity index (χ4v) is 3.12. The second-order valence-corrected chi connectivity index (χ2v) is 7.08. The van der Waals surface area contributed by atoms with Crippen molar-refractivity contribution in [3.63, 3.8) is 0 Å². The third-order valence-electron chi connectivity index (χ3n) is 4.92. The zero-order valence-electron chi connectivity index (χ0n) is 19.6. The molecule has 0 radical (unpaired) electrons. The number of amides is 2. The Morgan fingerprint density at radius 1 is 0.771 bits per heavy atom. The van der Waals surface area contributed by atoms with Gasteiger partial charge >= 0.3 is 0 Å². The summed E-state index contributed by atoms with van der Waals surface area (Å²) in [6, 6.07) is 14.1. The summed E-state index contributed by atoms with van der Waals surface area (Å²) in [5.74, 6) is 0.570. The number of benzene rings is 3. The van der Waals surface area contributed by atoms with Crippen molar-refractivity contribution in [3.8, 4) is 28.7 Å². The van der Waals surface area contributed by atoms with Crippen LogP contribution in [0.1, 0.15) is 26.3 Å². The number of phenols is 1. The highest BCUT2D eigenvalue weighted by atomic mass is 16.5. The van der Waals surface area contributed by atoms with Gasteiger partial charge in [-0.25, -0.2) is 5.43 Å². The van der Waals surface area contributed by atoms with Crippen LogP contribution in [-0.4, -0.2) is 51.6 Å². The SMILES string of the molecule is COc1cc(/C=N\NC(=O)c2ccc(NC(=O)c3cc(OC)c(OC)c(OC)c3)cc2)ccc1O. The molecule has 35 heavy (non-hydrogen) atoms. The summed E-state index contributed by atoms with van der Waals surface area (Å²) in [6.45, 7) is 0. The lowest BCUT2D eigenvalue weighted by Gasteiger charge is -2.14. The number of carbonyl (C=O) groups is 2. The van der Waals surface area contributed by atoms with Crippen LogP contribution in [0.5, 0.6) is 28.7 Å². The average molecular weight is 479 g/mol. The van der Waals surface area contributed by atoms with E-state index in [-0.39, 0.29) is 5.75 Å². The Hall–Kier alpha value is -4.73. The van der Waals surface area contributed by atoms with Crippen LogP contribution in [0.25, 0.3) is 0 Å². The highest BCUT2D eigenvalue weighted by molar-refractivity contribution is 6.05. The van der Waals surface area contributed by atoms with E-state index in [1.807, 2.05) is 0 Å². The molecule has 0 fully saturated rings. The number of nitrogens with one attached hydrogen (secondary N) is 2. The summed E-state index contributed by atoms with van der Waals surface area (Å²) in [5, 5.41) is 16.3. The molecule has 0 aliphatic heterocycles. The van der Waals surface area contributed by atoms with Crippen molar-refractivity contribution in [2.75, 3.05) is 33.8 Å². The quantitative estimate of drug-likeness (QED) is 0.317. The van der Waals surface area contributed by atoms with E-state index in [2.05, 4.69) is 15.8 Å². The van der Waals surface area contributed by atoms with Gasteiger partial charge in [0, 0.05) is 16.8 Å². The summed E-state index contributed by atoms with van der Waals surface area (Å²) in [6.07, 6.45) is 1.42. The molecule has 0 aliphatic rings. The molecule has 3 N–H and O–H groups in total. The minimum atomic E-state index is -0.436. The van der Waals surface area contributed by atoms with Crippen LogP contribution < -0.4 is 29.7 Å². The highest BCUT2D eigenvalue weighted by Gasteiger charge is 2.17. The number of hydrazone groups is 1. The van der Waals surface area contributed by atoms with Crippen molar-refractivity contribution in [1.82, 2.24) is 5.43 Å². The molecule has 0 saturated carbocycles. The number of carbonyl (C=O) groups excluding carboxylic acids is 2. The fourth-order valence-electron chi connectivity index (χ4n) is 3.12. The number of methoxy groups -OCH3 is 4. The fraction of sp³-hybridized carbons (Fsp3) is 0.160. The molecule has 0 unspecified atom stereocenters. The molecule has 2 amide bonds. The Bertz CT molecular complexity index is 1220. The number of aromatic hydroxyl groups is 1. The van der Waals surface area contributed by atoms with Crippen LogP contribution in [-0.2, 0) is 0 Å². The molecule has 10 heteroatoms. The Balaban J connectivity index is 1.64. The maximum Gasteiger partial charge on any atom is 0.271 e. The smallest absolute Gasteiger partial charge is 0.271 e. The number of ether oxygens (including phenoxy) is 4. The number of nitrogens with zero attached hydrogens (tertiary/aromatic N) is 1. The largest absolute Gasteiger partial charge is 0.504 e. The van der Waals surface area contributed by atoms with Crippen LogP contribution in [0.3, 0.4) is 0 Å². The highest BCUT2D eigenvalue weighted by Crippen LogP contribution is 2.38. The van der Waals surface area contributed by atoms with Gasteiger partial charge in [0.2, 0.25) is 5.75 Å². The number of phenolic OH excluding ortho intramolecular Hbond substituents is 1. The van der Waals surface area contributed by atoms with E-state index >= 15 is 0 Å². The molecule has 10 nitrogen and oxygen atoms in total. The lowest BCUT2D eigenvalue weighted by Crippen LogP contribution is -2.18. The van der Waals surface area contributed by atoms with E-state index in [1.165, 1.54) is 40.7 Å². The Kier molecular flexibility index (Phi) is 8.12. The van der Waals surface area contributed by atoms with E-state index in [0.29, 0.717) is 45.4 Å². The van der Waals surface area contributed by atoms with E-state index in [4.69, 9.17) is 18.9 Å². The first-order valence-electron chi connectivity index (χ1n) is 10.3. The van der Waals surface area contributed by atoms with Gasteiger partial charge in [-0.2, -0.15) is 5.10 Å². The first kappa shape index (κ1) is 24.9. The van der Waals surface area contributed by atoms with Crippen molar-refractivity contribution >= 4 is 23.7 Å². The van der Waals surface area contributed by atoms with Gasteiger partial charge in [0.1, 0.15) is 0 Å². The third-order valence-corrected chi connectivity index (χ3v) is 4.92. The van der Waals surface area contributed by atoms with Crippen LogP contribution in [0.15, 0.2) is 59.7 Å². The predicted molar refractivity (Wildman–Crippen MR) is 130 cm³/mol. The maximum absolute atomic E-state index is 12.7. The minimum Gasteiger partial charge on any atom is -0.504 e. The van der Waals surface area contributed by atoms with Gasteiger partial charge in [-0.15, -0.1) is 0 Å². The van der Waals surface area contributed by atoms with Gasteiger partial charge in [0.15, 0.2) is 23.0 Å². The van der Waals surface area contributed by atoms with E-state index < -0.39 is 11.8 Å². The predicted octanol–water partition coefficient (Wildman–Crippen LogP) is 3.44. The van der Waals surface area contributed by atoms with E-state index in [0.717, 1.165) is 0 Å².